The van der Waals surface area contributed by atoms with Gasteiger partial charge in [-0.25, -0.2) is 0 Å². The Morgan fingerprint density at radius 1 is 1.33 bits per heavy atom. The van der Waals surface area contributed by atoms with Crippen LogP contribution in [0.1, 0.15) is 25.8 Å². The van der Waals surface area contributed by atoms with Gasteiger partial charge in [-0.15, -0.1) is 0 Å². The number of hydrogen-bond donors (Lipinski definition) is 0. The molecule has 0 N–H and O–H groups in total. The van der Waals surface area contributed by atoms with E-state index in [0.717, 1.165) is 6.42 Å². The average molecular weight is 248 g/mol. The topological polar surface area (TPSA) is 35.5 Å². The zero-order chi connectivity index (χ0) is 13.2. The lowest BCUT2D eigenvalue weighted by Crippen LogP contribution is -2.08. The molecule has 0 saturated carbocycles. The number of esters is 1. The van der Waals surface area contributed by atoms with E-state index in [1.807, 2.05) is 49.4 Å². The standard InChI is InChI=1S/C15H20O3/c1-13(18-14(2)16)8-6-7-11-17-12-15-9-4-3-5-10-15/h3-6,8-10,13H,7,11-12H2,1-2H3. The third kappa shape index (κ3) is 6.86. The van der Waals surface area contributed by atoms with Crippen LogP contribution >= 0.6 is 0 Å². The first kappa shape index (κ1) is 14.5. The fraction of sp³-hybridized carbons (Fsp3) is 0.400. The molecule has 1 aromatic carbocycles. The van der Waals surface area contributed by atoms with Gasteiger partial charge in [0, 0.05) is 6.92 Å². The highest BCUT2D eigenvalue weighted by molar-refractivity contribution is 5.66. The largest absolute Gasteiger partial charge is 0.459 e. The van der Waals surface area contributed by atoms with Crippen molar-refractivity contribution in [2.24, 2.45) is 0 Å². The van der Waals surface area contributed by atoms with E-state index in [-0.39, 0.29) is 12.1 Å². The highest BCUT2D eigenvalue weighted by Crippen LogP contribution is 2.01. The second-order valence-corrected chi connectivity index (χ2v) is 4.07. The molecule has 1 unspecified atom stereocenters. The molecular formula is C15H20O3. The summed E-state index contributed by atoms with van der Waals surface area (Å²) in [5.74, 6) is -0.257. The van der Waals surface area contributed by atoms with Crippen LogP contribution in [0.15, 0.2) is 42.5 Å². The van der Waals surface area contributed by atoms with Crippen molar-refractivity contribution in [3.8, 4) is 0 Å². The smallest absolute Gasteiger partial charge is 0.303 e. The molecule has 98 valence electrons. The molecule has 0 aliphatic rings. The van der Waals surface area contributed by atoms with Crippen LogP contribution in [0.25, 0.3) is 0 Å². The summed E-state index contributed by atoms with van der Waals surface area (Å²) in [4.78, 5) is 10.7. The number of rotatable bonds is 7. The zero-order valence-electron chi connectivity index (χ0n) is 11.0. The molecule has 3 heteroatoms. The Bertz CT molecular complexity index is 371. The molecule has 1 aromatic rings. The van der Waals surface area contributed by atoms with E-state index in [1.165, 1.54) is 12.5 Å². The van der Waals surface area contributed by atoms with Gasteiger partial charge in [-0.3, -0.25) is 4.79 Å². The Kier molecular flexibility index (Phi) is 6.81. The lowest BCUT2D eigenvalue weighted by atomic mass is 10.2. The SMILES string of the molecule is CC(=O)OC(C)C=CCCOCc1ccccc1. The van der Waals surface area contributed by atoms with Gasteiger partial charge >= 0.3 is 5.97 Å². The fourth-order valence-electron chi connectivity index (χ4n) is 1.50. The van der Waals surface area contributed by atoms with Gasteiger partial charge in [0.1, 0.15) is 6.10 Å². The van der Waals surface area contributed by atoms with Gasteiger partial charge in [0.2, 0.25) is 0 Å². The lowest BCUT2D eigenvalue weighted by molar-refractivity contribution is -0.143. The third-order valence-electron chi connectivity index (χ3n) is 2.30. The summed E-state index contributed by atoms with van der Waals surface area (Å²) < 4.78 is 10.5. The van der Waals surface area contributed by atoms with Gasteiger partial charge in [0.15, 0.2) is 0 Å². The molecule has 0 aliphatic heterocycles. The predicted octanol–water partition coefficient (Wildman–Crippen LogP) is 3.10. The number of ether oxygens (including phenoxy) is 2. The first-order valence-electron chi connectivity index (χ1n) is 6.14. The number of carbonyl (C=O) groups excluding carboxylic acids is 1. The first-order chi connectivity index (χ1) is 8.68. The summed E-state index contributed by atoms with van der Waals surface area (Å²) in [5.41, 5.74) is 1.18. The van der Waals surface area contributed by atoms with Crippen LogP contribution in [0, 0.1) is 0 Å². The predicted molar refractivity (Wildman–Crippen MR) is 71.1 cm³/mol. The van der Waals surface area contributed by atoms with Crippen molar-refractivity contribution in [2.75, 3.05) is 6.61 Å². The molecular weight excluding hydrogens is 228 g/mol. The molecule has 0 heterocycles. The molecule has 0 radical (unpaired) electrons. The van der Waals surface area contributed by atoms with Gasteiger partial charge in [-0.2, -0.15) is 0 Å². The van der Waals surface area contributed by atoms with E-state index in [9.17, 15) is 4.79 Å². The van der Waals surface area contributed by atoms with E-state index in [2.05, 4.69) is 0 Å². The van der Waals surface area contributed by atoms with Crippen LogP contribution in [-0.2, 0) is 20.9 Å². The zero-order valence-corrected chi connectivity index (χ0v) is 11.0. The molecule has 3 nitrogen and oxygen atoms in total. The maximum absolute atomic E-state index is 10.7. The Morgan fingerprint density at radius 2 is 2.06 bits per heavy atom. The van der Waals surface area contributed by atoms with Crippen molar-refractivity contribution in [1.29, 1.82) is 0 Å². The summed E-state index contributed by atoms with van der Waals surface area (Å²) in [7, 11) is 0. The van der Waals surface area contributed by atoms with Gasteiger partial charge in [0.25, 0.3) is 0 Å². The lowest BCUT2D eigenvalue weighted by Gasteiger charge is -2.06. The van der Waals surface area contributed by atoms with E-state index in [0.29, 0.717) is 13.2 Å². The molecule has 1 atom stereocenters. The molecule has 0 spiro atoms. The highest BCUT2D eigenvalue weighted by Gasteiger charge is 1.98. The summed E-state index contributed by atoms with van der Waals surface area (Å²) in [6.45, 7) is 4.54. The summed E-state index contributed by atoms with van der Waals surface area (Å²) in [5, 5.41) is 0. The molecule has 0 aliphatic carbocycles. The molecule has 18 heavy (non-hydrogen) atoms. The summed E-state index contributed by atoms with van der Waals surface area (Å²) in [6, 6.07) is 10.1. The van der Waals surface area contributed by atoms with Crippen LogP contribution in [0.3, 0.4) is 0 Å². The molecule has 0 amide bonds. The Balaban J connectivity index is 2.08. The van der Waals surface area contributed by atoms with E-state index in [4.69, 9.17) is 9.47 Å². The van der Waals surface area contributed by atoms with Crippen molar-refractivity contribution in [3.05, 3.63) is 48.0 Å². The van der Waals surface area contributed by atoms with Crippen LogP contribution in [0.2, 0.25) is 0 Å². The van der Waals surface area contributed by atoms with Crippen LogP contribution in [0.5, 0.6) is 0 Å². The van der Waals surface area contributed by atoms with Crippen molar-refractivity contribution in [2.45, 2.75) is 33.0 Å². The highest BCUT2D eigenvalue weighted by atomic mass is 16.5. The maximum Gasteiger partial charge on any atom is 0.303 e. The number of benzene rings is 1. The number of carbonyl (C=O) groups is 1. The van der Waals surface area contributed by atoms with Crippen LogP contribution < -0.4 is 0 Å². The monoisotopic (exact) mass is 248 g/mol. The number of hydrogen-bond acceptors (Lipinski definition) is 3. The quantitative estimate of drug-likeness (QED) is 0.422. The van der Waals surface area contributed by atoms with Crippen molar-refractivity contribution in [3.63, 3.8) is 0 Å². The van der Waals surface area contributed by atoms with Gasteiger partial charge in [0.05, 0.1) is 13.2 Å². The molecule has 0 aromatic heterocycles. The summed E-state index contributed by atoms with van der Waals surface area (Å²) in [6.07, 6.45) is 4.49. The molecule has 0 bridgehead atoms. The van der Waals surface area contributed by atoms with Gasteiger partial charge in [-0.1, -0.05) is 36.4 Å². The molecule has 0 fully saturated rings. The van der Waals surface area contributed by atoms with Crippen molar-refractivity contribution >= 4 is 5.97 Å². The van der Waals surface area contributed by atoms with Crippen LogP contribution in [0.4, 0.5) is 0 Å². The van der Waals surface area contributed by atoms with Crippen LogP contribution in [-0.4, -0.2) is 18.7 Å². The van der Waals surface area contributed by atoms with Gasteiger partial charge < -0.3 is 9.47 Å². The maximum atomic E-state index is 10.7. The van der Waals surface area contributed by atoms with Gasteiger partial charge in [-0.05, 0) is 25.0 Å². The molecule has 1 rings (SSSR count). The Labute approximate surface area is 108 Å². The second-order valence-electron chi connectivity index (χ2n) is 4.07. The Hall–Kier alpha value is -1.61. The Morgan fingerprint density at radius 3 is 2.72 bits per heavy atom. The summed E-state index contributed by atoms with van der Waals surface area (Å²) >= 11 is 0. The average Bonchev–Trinajstić information content (AvgIpc) is 2.34. The van der Waals surface area contributed by atoms with Crippen molar-refractivity contribution in [1.82, 2.24) is 0 Å². The van der Waals surface area contributed by atoms with E-state index in [1.54, 1.807) is 0 Å². The van der Waals surface area contributed by atoms with Crippen molar-refractivity contribution < 1.29 is 14.3 Å². The third-order valence-corrected chi connectivity index (χ3v) is 2.30. The minimum absolute atomic E-state index is 0.170. The minimum atomic E-state index is -0.257. The van der Waals surface area contributed by atoms with E-state index >= 15 is 0 Å². The molecule has 0 saturated heterocycles. The normalized spacial score (nSPS) is 12.6. The minimum Gasteiger partial charge on any atom is -0.459 e. The fourth-order valence-corrected chi connectivity index (χ4v) is 1.50. The first-order valence-corrected chi connectivity index (χ1v) is 6.14. The second kappa shape index (κ2) is 8.48. The van der Waals surface area contributed by atoms with E-state index < -0.39 is 0 Å².